The first-order chi connectivity index (χ1) is 16.1. The van der Waals surface area contributed by atoms with Crippen molar-refractivity contribution in [1.82, 2.24) is 15.6 Å². The first kappa shape index (κ1) is 23.2. The molecule has 34 heavy (non-hydrogen) atoms. The molecule has 1 unspecified atom stereocenters. The van der Waals surface area contributed by atoms with Gasteiger partial charge in [-0.15, -0.1) is 0 Å². The van der Waals surface area contributed by atoms with E-state index in [4.69, 9.17) is 9.47 Å². The van der Waals surface area contributed by atoms with E-state index in [0.717, 1.165) is 18.3 Å². The fourth-order valence-electron chi connectivity index (χ4n) is 3.52. The fourth-order valence-corrected chi connectivity index (χ4v) is 4.52. The summed E-state index contributed by atoms with van der Waals surface area (Å²) in [5, 5.41) is 5.63. The maximum atomic E-state index is 15.3. The summed E-state index contributed by atoms with van der Waals surface area (Å²) in [6.07, 6.45) is 3.65. The van der Waals surface area contributed by atoms with Crippen LogP contribution >= 0.6 is 0 Å². The van der Waals surface area contributed by atoms with E-state index in [1.165, 1.54) is 38.9 Å². The molecule has 0 amide bonds. The number of aliphatic imine (C=N–C) groups is 1. The molecule has 0 spiro atoms. The van der Waals surface area contributed by atoms with Crippen LogP contribution in [0.4, 0.5) is 14.5 Å². The zero-order valence-electron chi connectivity index (χ0n) is 18.1. The molecular formula is C21H19F2N5O5S. The van der Waals surface area contributed by atoms with Crippen molar-refractivity contribution in [3.63, 3.8) is 0 Å². The zero-order valence-corrected chi connectivity index (χ0v) is 19.0. The molecule has 0 radical (unpaired) electrons. The number of sulfonamides is 1. The number of fused-ring (bicyclic) bond motifs is 1. The van der Waals surface area contributed by atoms with Crippen LogP contribution in [0.1, 0.15) is 17.3 Å². The van der Waals surface area contributed by atoms with Crippen LogP contribution in [0.15, 0.2) is 63.6 Å². The number of ether oxygens (including phenoxy) is 2. The predicted octanol–water partition coefficient (Wildman–Crippen LogP) is 2.04. The van der Waals surface area contributed by atoms with Gasteiger partial charge in [0.25, 0.3) is 10.0 Å². The minimum Gasteiger partial charge on any atom is -0.482 e. The molecule has 4 rings (SSSR count). The van der Waals surface area contributed by atoms with Gasteiger partial charge in [-0.1, -0.05) is 0 Å². The molecule has 2 aliphatic rings. The van der Waals surface area contributed by atoms with Gasteiger partial charge in [0.15, 0.2) is 17.4 Å². The van der Waals surface area contributed by atoms with Crippen LogP contribution in [0.3, 0.4) is 0 Å². The molecule has 0 aliphatic carbocycles. The van der Waals surface area contributed by atoms with Crippen molar-refractivity contribution < 1.29 is 31.5 Å². The van der Waals surface area contributed by atoms with Crippen LogP contribution in [0.2, 0.25) is 0 Å². The highest BCUT2D eigenvalue weighted by Gasteiger charge is 2.43. The summed E-state index contributed by atoms with van der Waals surface area (Å²) < 4.78 is 67.5. The molecule has 1 aromatic heterocycles. The van der Waals surface area contributed by atoms with Crippen molar-refractivity contribution >= 4 is 27.8 Å². The lowest BCUT2D eigenvalue weighted by atomic mass is 9.91. The van der Waals surface area contributed by atoms with Gasteiger partial charge < -0.3 is 20.1 Å². The molecule has 3 N–H and O–H groups in total. The summed E-state index contributed by atoms with van der Waals surface area (Å²) in [5.74, 6) is -3.22. The van der Waals surface area contributed by atoms with Crippen molar-refractivity contribution in [2.75, 3.05) is 18.9 Å². The zero-order chi connectivity index (χ0) is 24.7. The summed E-state index contributed by atoms with van der Waals surface area (Å²) >= 11 is 0. The highest BCUT2D eigenvalue weighted by atomic mass is 32.2. The average Bonchev–Trinajstić information content (AvgIpc) is 3.18. The van der Waals surface area contributed by atoms with E-state index in [1.54, 1.807) is 6.92 Å². The number of anilines is 1. The Hall–Kier alpha value is -4.00. The van der Waals surface area contributed by atoms with E-state index >= 15 is 4.39 Å². The van der Waals surface area contributed by atoms with Crippen LogP contribution in [0.25, 0.3) is 0 Å². The van der Waals surface area contributed by atoms with Crippen LogP contribution in [0, 0.1) is 11.6 Å². The molecule has 1 aromatic carbocycles. The molecule has 0 fully saturated rings. The van der Waals surface area contributed by atoms with Gasteiger partial charge in [0.1, 0.15) is 10.7 Å². The molecule has 2 aliphatic heterocycles. The first-order valence-corrected chi connectivity index (χ1v) is 11.2. The normalized spacial score (nSPS) is 19.0. The van der Waals surface area contributed by atoms with Crippen LogP contribution in [0.5, 0.6) is 5.88 Å². The number of benzene rings is 1. The highest BCUT2D eigenvalue weighted by molar-refractivity contribution is 7.92. The number of ketones is 1. The lowest BCUT2D eigenvalue weighted by Crippen LogP contribution is -2.41. The SMILES string of the molecule is COC1=C2C(C(=O)c3c(F)ccc(NS(=O)(=O)c4ccc(OC)nc4)c3F)=CNC2(C)N=CN1. The lowest BCUT2D eigenvalue weighted by molar-refractivity contribution is 0.102. The summed E-state index contributed by atoms with van der Waals surface area (Å²) in [4.78, 5) is 21.0. The number of methoxy groups -OCH3 is 2. The minimum absolute atomic E-state index is 0.0964. The Morgan fingerprint density at radius 2 is 1.91 bits per heavy atom. The van der Waals surface area contributed by atoms with Gasteiger partial charge in [-0.05, 0) is 25.1 Å². The van der Waals surface area contributed by atoms with Gasteiger partial charge in [0, 0.05) is 12.3 Å². The number of pyridine rings is 1. The molecule has 0 saturated heterocycles. The number of nitrogens with zero attached hydrogens (tertiary/aromatic N) is 2. The summed E-state index contributed by atoms with van der Waals surface area (Å²) in [6.45, 7) is 1.65. The summed E-state index contributed by atoms with van der Waals surface area (Å²) in [5.41, 5.74) is -2.49. The van der Waals surface area contributed by atoms with E-state index in [-0.39, 0.29) is 27.8 Å². The van der Waals surface area contributed by atoms with E-state index in [1.807, 2.05) is 4.72 Å². The van der Waals surface area contributed by atoms with Crippen LogP contribution in [-0.2, 0) is 14.8 Å². The smallest absolute Gasteiger partial charge is 0.263 e. The maximum Gasteiger partial charge on any atom is 0.263 e. The topological polar surface area (TPSA) is 131 Å². The average molecular weight is 491 g/mol. The van der Waals surface area contributed by atoms with E-state index in [2.05, 4.69) is 20.6 Å². The van der Waals surface area contributed by atoms with E-state index in [0.29, 0.717) is 0 Å². The van der Waals surface area contributed by atoms with Crippen LogP contribution in [-0.4, -0.2) is 45.4 Å². The number of rotatable bonds is 7. The monoisotopic (exact) mass is 491 g/mol. The molecule has 0 saturated carbocycles. The van der Waals surface area contributed by atoms with E-state index in [9.17, 15) is 17.6 Å². The lowest BCUT2D eigenvalue weighted by Gasteiger charge is -2.28. The number of carbonyl (C=O) groups is 1. The standard InChI is InChI=1S/C21H19F2N5O5S/c1-21-17(20(33-3)25-10-27-21)12(9-26-21)19(29)16-13(22)5-6-14(18(16)23)28-34(30,31)11-4-7-15(32-2)24-8-11/h4-10,26,28H,1-3H3,(H,25,27). The van der Waals surface area contributed by atoms with Crippen LogP contribution < -0.4 is 20.1 Å². The Morgan fingerprint density at radius 1 is 1.15 bits per heavy atom. The largest absolute Gasteiger partial charge is 0.482 e. The Bertz CT molecular complexity index is 1370. The number of nitrogens with one attached hydrogen (secondary N) is 3. The Kier molecular flexibility index (Phi) is 5.73. The minimum atomic E-state index is -4.30. The third-order valence-electron chi connectivity index (χ3n) is 5.24. The van der Waals surface area contributed by atoms with Crippen molar-refractivity contribution in [3.05, 3.63) is 70.9 Å². The quantitative estimate of drug-likeness (QED) is 0.502. The molecule has 0 bridgehead atoms. The molecule has 1 atom stereocenters. The second kappa shape index (κ2) is 8.41. The predicted molar refractivity (Wildman–Crippen MR) is 118 cm³/mol. The second-order valence-corrected chi connectivity index (χ2v) is 9.02. The van der Waals surface area contributed by atoms with Gasteiger partial charge in [0.2, 0.25) is 11.7 Å². The number of Topliss-reactive ketones (excluding diaryl/α,β-unsaturated/α-hetero) is 1. The number of hydrogen-bond donors (Lipinski definition) is 3. The maximum absolute atomic E-state index is 15.3. The van der Waals surface area contributed by atoms with Gasteiger partial charge in [-0.2, -0.15) is 0 Å². The van der Waals surface area contributed by atoms with Gasteiger partial charge >= 0.3 is 0 Å². The first-order valence-electron chi connectivity index (χ1n) is 9.74. The van der Waals surface area contributed by atoms with E-state index < -0.39 is 44.4 Å². The molecular weight excluding hydrogens is 472 g/mol. The highest BCUT2D eigenvalue weighted by Crippen LogP contribution is 2.37. The Balaban J connectivity index is 1.71. The van der Waals surface area contributed by atoms with Crippen molar-refractivity contribution in [2.24, 2.45) is 4.99 Å². The molecule has 13 heteroatoms. The molecule has 10 nitrogen and oxygen atoms in total. The van der Waals surface area contributed by atoms with Crippen molar-refractivity contribution in [1.29, 1.82) is 0 Å². The molecule has 2 aromatic rings. The Labute approximate surface area is 193 Å². The fraction of sp³-hybridized carbons (Fsp3) is 0.190. The number of halogens is 2. The summed E-state index contributed by atoms with van der Waals surface area (Å²) in [6, 6.07) is 4.19. The van der Waals surface area contributed by atoms with Gasteiger partial charge in [0.05, 0.1) is 49.2 Å². The third kappa shape index (κ3) is 3.83. The molecule has 3 heterocycles. The van der Waals surface area contributed by atoms with Crippen molar-refractivity contribution in [3.8, 4) is 5.88 Å². The number of hydrogen-bond acceptors (Lipinski definition) is 9. The number of carbonyl (C=O) groups excluding carboxylic acids is 1. The van der Waals surface area contributed by atoms with Gasteiger partial charge in [-0.3, -0.25) is 9.52 Å². The van der Waals surface area contributed by atoms with Gasteiger partial charge in [-0.25, -0.2) is 27.2 Å². The number of aromatic nitrogens is 1. The third-order valence-corrected chi connectivity index (χ3v) is 6.59. The molecule has 178 valence electrons. The second-order valence-electron chi connectivity index (χ2n) is 7.34. The summed E-state index contributed by atoms with van der Waals surface area (Å²) in [7, 11) is -1.58. The van der Waals surface area contributed by atoms with Crippen molar-refractivity contribution in [2.45, 2.75) is 17.5 Å². The Morgan fingerprint density at radius 3 is 2.56 bits per heavy atom.